The zero-order valence-corrected chi connectivity index (χ0v) is 14.0. The van der Waals surface area contributed by atoms with Gasteiger partial charge in [0, 0.05) is 22.4 Å². The van der Waals surface area contributed by atoms with E-state index >= 15 is 0 Å². The summed E-state index contributed by atoms with van der Waals surface area (Å²) < 4.78 is 16.9. The van der Waals surface area contributed by atoms with Gasteiger partial charge in [0.2, 0.25) is 0 Å². The summed E-state index contributed by atoms with van der Waals surface area (Å²) in [5, 5.41) is 3.86. The molecule has 0 saturated heterocycles. The van der Waals surface area contributed by atoms with Crippen molar-refractivity contribution in [2.24, 2.45) is 0 Å². The average Bonchev–Trinajstić information content (AvgIpc) is 3.11. The maximum absolute atomic E-state index is 12.1. The molecule has 4 heteroatoms. The summed E-state index contributed by atoms with van der Waals surface area (Å²) in [5.41, 5.74) is 1.51. The minimum atomic E-state index is -0.407. The summed E-state index contributed by atoms with van der Waals surface area (Å²) in [6.45, 7) is 0. The predicted molar refractivity (Wildman–Crippen MR) is 102 cm³/mol. The summed E-state index contributed by atoms with van der Waals surface area (Å²) in [6.07, 6.45) is 0. The molecule has 0 spiro atoms. The van der Waals surface area contributed by atoms with E-state index in [0.717, 1.165) is 21.5 Å². The fourth-order valence-electron chi connectivity index (χ4n) is 3.47. The summed E-state index contributed by atoms with van der Waals surface area (Å²) in [6, 6.07) is 20.9. The molecule has 0 atom stereocenters. The van der Waals surface area contributed by atoms with Crippen molar-refractivity contribution in [2.45, 2.75) is 0 Å². The molecule has 0 aliphatic rings. The summed E-state index contributed by atoms with van der Waals surface area (Å²) >= 11 is 0. The fraction of sp³-hybridized carbons (Fsp3) is 0.0455. The van der Waals surface area contributed by atoms with Crippen molar-refractivity contribution in [1.82, 2.24) is 0 Å². The first-order valence-corrected chi connectivity index (χ1v) is 8.27. The molecule has 0 aliphatic carbocycles. The van der Waals surface area contributed by atoms with E-state index in [1.54, 1.807) is 7.11 Å². The Morgan fingerprint density at radius 3 is 2.58 bits per heavy atom. The Kier molecular flexibility index (Phi) is 3.12. The van der Waals surface area contributed by atoms with Crippen LogP contribution in [0.5, 0.6) is 5.75 Å². The van der Waals surface area contributed by atoms with E-state index in [-0.39, 0.29) is 0 Å². The fourth-order valence-corrected chi connectivity index (χ4v) is 3.47. The standard InChI is InChI=1S/C22H14O4/c1-24-18-8-4-6-14-11-19(26-22(14)18)16-12-20(23)25-17-10-9-13-5-2-3-7-15(13)21(16)17/h2-12H,1H3. The first-order chi connectivity index (χ1) is 12.7. The molecule has 126 valence electrons. The minimum Gasteiger partial charge on any atom is -0.493 e. The zero-order chi connectivity index (χ0) is 17.7. The van der Waals surface area contributed by atoms with E-state index in [1.165, 1.54) is 6.07 Å². The van der Waals surface area contributed by atoms with Gasteiger partial charge in [0.05, 0.1) is 7.11 Å². The largest absolute Gasteiger partial charge is 0.493 e. The molecule has 0 radical (unpaired) electrons. The van der Waals surface area contributed by atoms with Crippen LogP contribution in [0.15, 0.2) is 80.4 Å². The van der Waals surface area contributed by atoms with Crippen LogP contribution in [0, 0.1) is 0 Å². The van der Waals surface area contributed by atoms with Gasteiger partial charge in [-0.15, -0.1) is 0 Å². The number of ether oxygens (including phenoxy) is 1. The number of para-hydroxylation sites is 1. The monoisotopic (exact) mass is 342 g/mol. The SMILES string of the molecule is COc1cccc2cc(-c3cc(=O)oc4ccc5ccccc5c34)oc12. The van der Waals surface area contributed by atoms with Gasteiger partial charge in [-0.3, -0.25) is 0 Å². The van der Waals surface area contributed by atoms with Crippen LogP contribution >= 0.6 is 0 Å². The summed E-state index contributed by atoms with van der Waals surface area (Å²) in [7, 11) is 1.61. The molecule has 0 saturated carbocycles. The number of methoxy groups -OCH3 is 1. The molecule has 0 unspecified atom stereocenters. The first kappa shape index (κ1) is 14.8. The number of rotatable bonds is 2. The van der Waals surface area contributed by atoms with Crippen LogP contribution in [0.3, 0.4) is 0 Å². The predicted octanol–water partition coefficient (Wildman–Crippen LogP) is 5.37. The lowest BCUT2D eigenvalue weighted by atomic mass is 10.0. The molecule has 0 aliphatic heterocycles. The van der Waals surface area contributed by atoms with E-state index < -0.39 is 5.63 Å². The molecule has 0 bridgehead atoms. The van der Waals surface area contributed by atoms with Crippen LogP contribution < -0.4 is 10.4 Å². The highest BCUT2D eigenvalue weighted by Gasteiger charge is 2.16. The van der Waals surface area contributed by atoms with E-state index in [2.05, 4.69) is 0 Å². The molecule has 2 aromatic heterocycles. The minimum absolute atomic E-state index is 0.407. The van der Waals surface area contributed by atoms with Crippen LogP contribution in [-0.4, -0.2) is 7.11 Å². The molecule has 5 aromatic rings. The van der Waals surface area contributed by atoms with Gasteiger partial charge in [-0.05, 0) is 29.0 Å². The molecular formula is C22H14O4. The number of hydrogen-bond donors (Lipinski definition) is 0. The van der Waals surface area contributed by atoms with Crippen molar-refractivity contribution in [2.75, 3.05) is 7.11 Å². The molecule has 5 rings (SSSR count). The quantitative estimate of drug-likeness (QED) is 0.320. The Labute approximate surface area is 148 Å². The van der Waals surface area contributed by atoms with Crippen molar-refractivity contribution in [1.29, 1.82) is 0 Å². The van der Waals surface area contributed by atoms with Crippen molar-refractivity contribution >= 4 is 32.7 Å². The molecule has 4 nitrogen and oxygen atoms in total. The molecule has 0 N–H and O–H groups in total. The van der Waals surface area contributed by atoms with E-state index in [1.807, 2.05) is 60.7 Å². The lowest BCUT2D eigenvalue weighted by Crippen LogP contribution is -1.98. The van der Waals surface area contributed by atoms with E-state index in [4.69, 9.17) is 13.6 Å². The van der Waals surface area contributed by atoms with Gasteiger partial charge in [-0.2, -0.15) is 0 Å². The van der Waals surface area contributed by atoms with E-state index in [9.17, 15) is 4.79 Å². The summed E-state index contributed by atoms with van der Waals surface area (Å²) in [5.74, 6) is 1.27. The van der Waals surface area contributed by atoms with Crippen molar-refractivity contribution in [3.05, 3.63) is 77.2 Å². The van der Waals surface area contributed by atoms with Gasteiger partial charge in [-0.25, -0.2) is 4.79 Å². The third kappa shape index (κ3) is 2.12. The lowest BCUT2D eigenvalue weighted by Gasteiger charge is -2.07. The van der Waals surface area contributed by atoms with Gasteiger partial charge in [0.15, 0.2) is 11.3 Å². The van der Waals surface area contributed by atoms with Crippen molar-refractivity contribution < 1.29 is 13.6 Å². The molecule has 26 heavy (non-hydrogen) atoms. The summed E-state index contributed by atoms with van der Waals surface area (Å²) in [4.78, 5) is 12.1. The van der Waals surface area contributed by atoms with Crippen LogP contribution in [0.25, 0.3) is 44.0 Å². The molecule has 0 fully saturated rings. The number of fused-ring (bicyclic) bond motifs is 4. The molecule has 3 aromatic carbocycles. The Morgan fingerprint density at radius 2 is 1.69 bits per heavy atom. The third-order valence-corrected chi connectivity index (χ3v) is 4.63. The van der Waals surface area contributed by atoms with Gasteiger partial charge >= 0.3 is 5.63 Å². The van der Waals surface area contributed by atoms with Crippen LogP contribution in [0.1, 0.15) is 0 Å². The highest BCUT2D eigenvalue weighted by atomic mass is 16.5. The maximum Gasteiger partial charge on any atom is 0.336 e. The Hall–Kier alpha value is -3.53. The van der Waals surface area contributed by atoms with Gasteiger partial charge in [0.1, 0.15) is 11.3 Å². The number of furan rings is 1. The van der Waals surface area contributed by atoms with Gasteiger partial charge < -0.3 is 13.6 Å². The van der Waals surface area contributed by atoms with Crippen molar-refractivity contribution in [3.63, 3.8) is 0 Å². The Balaban J connectivity index is 1.92. The second-order valence-corrected chi connectivity index (χ2v) is 6.13. The Bertz CT molecular complexity index is 1340. The zero-order valence-electron chi connectivity index (χ0n) is 14.0. The topological polar surface area (TPSA) is 52.6 Å². The highest BCUT2D eigenvalue weighted by Crippen LogP contribution is 2.38. The lowest BCUT2D eigenvalue weighted by molar-refractivity contribution is 0.411. The average molecular weight is 342 g/mol. The van der Waals surface area contributed by atoms with Gasteiger partial charge in [-0.1, -0.05) is 42.5 Å². The van der Waals surface area contributed by atoms with Crippen LogP contribution in [-0.2, 0) is 0 Å². The third-order valence-electron chi connectivity index (χ3n) is 4.63. The van der Waals surface area contributed by atoms with Crippen molar-refractivity contribution in [3.8, 4) is 17.1 Å². The molecule has 0 amide bonds. The second kappa shape index (κ2) is 5.49. The Morgan fingerprint density at radius 1 is 0.846 bits per heavy atom. The number of benzene rings is 3. The molecular weight excluding hydrogens is 328 g/mol. The molecule has 2 heterocycles. The number of hydrogen-bond acceptors (Lipinski definition) is 4. The van der Waals surface area contributed by atoms with Crippen LogP contribution in [0.4, 0.5) is 0 Å². The van der Waals surface area contributed by atoms with E-state index in [0.29, 0.717) is 28.2 Å². The first-order valence-electron chi connectivity index (χ1n) is 8.27. The van der Waals surface area contributed by atoms with Crippen LogP contribution in [0.2, 0.25) is 0 Å². The smallest absolute Gasteiger partial charge is 0.336 e. The normalized spacial score (nSPS) is 11.4. The maximum atomic E-state index is 12.1. The highest BCUT2D eigenvalue weighted by molar-refractivity contribution is 6.12. The van der Waals surface area contributed by atoms with Gasteiger partial charge in [0.25, 0.3) is 0 Å². The second-order valence-electron chi connectivity index (χ2n) is 6.13.